The van der Waals surface area contributed by atoms with E-state index in [-0.39, 0.29) is 29.8 Å². The molecule has 2 aromatic rings. The molecular weight excluding hydrogens is 568 g/mol. The van der Waals surface area contributed by atoms with Gasteiger partial charge >= 0.3 is 0 Å². The summed E-state index contributed by atoms with van der Waals surface area (Å²) in [4.78, 5) is 0. The number of methoxy groups -OCH3 is 4. The van der Waals surface area contributed by atoms with Crippen molar-refractivity contribution in [3.05, 3.63) is 33.8 Å². The molecule has 0 saturated carbocycles. The zero-order chi connectivity index (χ0) is 28.4. The van der Waals surface area contributed by atoms with Gasteiger partial charge in [0, 0.05) is 5.56 Å². The Kier molecular flexibility index (Phi) is 9.58. The van der Waals surface area contributed by atoms with E-state index in [0.29, 0.717) is 28.7 Å². The van der Waals surface area contributed by atoms with E-state index in [2.05, 4.69) is 63.6 Å². The number of rotatable bonds is 11. The third kappa shape index (κ3) is 6.05. The van der Waals surface area contributed by atoms with E-state index in [4.69, 9.17) is 32.8 Å². The van der Waals surface area contributed by atoms with Gasteiger partial charge in [0.25, 0.3) is 0 Å². The second-order valence-electron chi connectivity index (χ2n) is 11.4. The third-order valence-corrected chi connectivity index (χ3v) is 13.3. The van der Waals surface area contributed by atoms with Crippen LogP contribution < -0.4 is 28.4 Å². The molecule has 0 spiro atoms. The van der Waals surface area contributed by atoms with E-state index in [1.54, 1.807) is 28.4 Å². The fraction of sp³-hybridized carbons (Fsp3) is 0.586. The van der Waals surface area contributed by atoms with Crippen molar-refractivity contribution < 1.29 is 32.8 Å². The van der Waals surface area contributed by atoms with Gasteiger partial charge in [-0.25, -0.2) is 0 Å². The molecule has 0 aromatic heterocycles. The van der Waals surface area contributed by atoms with Crippen LogP contribution >= 0.6 is 15.9 Å². The molecule has 0 aliphatic carbocycles. The first-order valence-electron chi connectivity index (χ1n) is 12.9. The Morgan fingerprint density at radius 2 is 1.53 bits per heavy atom. The lowest BCUT2D eigenvalue weighted by molar-refractivity contribution is 0.0949. The van der Waals surface area contributed by atoms with Crippen LogP contribution in [0.2, 0.25) is 18.1 Å². The lowest BCUT2D eigenvalue weighted by Gasteiger charge is -2.42. The summed E-state index contributed by atoms with van der Waals surface area (Å²) in [6.45, 7) is 16.1. The van der Waals surface area contributed by atoms with Crippen molar-refractivity contribution in [1.82, 2.24) is 0 Å². The summed E-state index contributed by atoms with van der Waals surface area (Å²) in [6.07, 6.45) is 0.595. The van der Waals surface area contributed by atoms with Gasteiger partial charge < -0.3 is 32.8 Å². The number of hydrogen-bond acceptors (Lipinski definition) is 7. The van der Waals surface area contributed by atoms with Crippen molar-refractivity contribution in [2.45, 2.75) is 65.3 Å². The molecule has 0 saturated heterocycles. The number of halogens is 1. The Bertz CT molecular complexity index is 1130. The standard InChI is InChI=1S/C29H43BrO7Si/c1-17(12-19-13-21(31-6)26-23(14-19)35-16-36-26)18(2)25(37-38(10,11)29(3,4)5)20-15-22(32-7)27(33-8)28(34-9)24(20)30/h13-15,17-18,25H,12,16H2,1-11H3/t17-,18-,25+/m0/s1. The van der Waals surface area contributed by atoms with Crippen molar-refractivity contribution in [1.29, 1.82) is 0 Å². The Hall–Kier alpha value is -2.10. The van der Waals surface area contributed by atoms with Crippen molar-refractivity contribution >= 4 is 24.2 Å². The van der Waals surface area contributed by atoms with Gasteiger partial charge in [0.05, 0.1) is 39.0 Å². The monoisotopic (exact) mass is 610 g/mol. The molecule has 0 radical (unpaired) electrons. The number of fused-ring (bicyclic) bond motifs is 1. The van der Waals surface area contributed by atoms with E-state index in [9.17, 15) is 0 Å². The summed E-state index contributed by atoms with van der Waals surface area (Å²) < 4.78 is 41.9. The van der Waals surface area contributed by atoms with Gasteiger partial charge in [0.2, 0.25) is 18.3 Å². The number of hydrogen-bond donors (Lipinski definition) is 0. The van der Waals surface area contributed by atoms with Crippen LogP contribution in [0.25, 0.3) is 0 Å². The Morgan fingerprint density at radius 1 is 0.895 bits per heavy atom. The maximum atomic E-state index is 7.17. The van der Waals surface area contributed by atoms with Gasteiger partial charge in [0.15, 0.2) is 31.3 Å². The van der Waals surface area contributed by atoms with Crippen LogP contribution in [0.15, 0.2) is 22.7 Å². The van der Waals surface area contributed by atoms with E-state index in [1.165, 1.54) is 0 Å². The van der Waals surface area contributed by atoms with Crippen LogP contribution in [0.1, 0.15) is 51.8 Å². The van der Waals surface area contributed by atoms with Crippen LogP contribution in [-0.4, -0.2) is 43.5 Å². The minimum absolute atomic E-state index is 0.0337. The SMILES string of the molecule is COc1cc(C[C@H](C)[C@H](C)[C@@H](O[Si](C)(C)C(C)(C)C)c2cc(OC)c(OC)c(OC)c2Br)cc2c1OCO2. The zero-order valence-electron chi connectivity index (χ0n) is 24.6. The van der Waals surface area contributed by atoms with Crippen molar-refractivity contribution in [2.24, 2.45) is 11.8 Å². The Balaban J connectivity index is 2.06. The summed E-state index contributed by atoms with van der Waals surface area (Å²) in [7, 11) is 4.36. The van der Waals surface area contributed by atoms with Crippen molar-refractivity contribution in [3.8, 4) is 34.5 Å². The van der Waals surface area contributed by atoms with E-state index in [1.807, 2.05) is 18.2 Å². The van der Waals surface area contributed by atoms with E-state index >= 15 is 0 Å². The normalized spacial score (nSPS) is 15.6. The smallest absolute Gasteiger partial charge is 0.231 e. The van der Waals surface area contributed by atoms with Crippen LogP contribution in [0.3, 0.4) is 0 Å². The first-order valence-corrected chi connectivity index (χ1v) is 16.6. The highest BCUT2D eigenvalue weighted by Gasteiger charge is 2.42. The highest BCUT2D eigenvalue weighted by Crippen LogP contribution is 2.51. The van der Waals surface area contributed by atoms with Crippen LogP contribution in [-0.2, 0) is 10.8 Å². The van der Waals surface area contributed by atoms with E-state index < -0.39 is 8.32 Å². The van der Waals surface area contributed by atoms with Crippen LogP contribution in [0, 0.1) is 11.8 Å². The quantitative estimate of drug-likeness (QED) is 0.240. The predicted molar refractivity (Wildman–Crippen MR) is 156 cm³/mol. The maximum absolute atomic E-state index is 7.17. The third-order valence-electron chi connectivity index (χ3n) is 7.98. The molecule has 212 valence electrons. The highest BCUT2D eigenvalue weighted by atomic mass is 79.9. The first kappa shape index (κ1) is 30.4. The van der Waals surface area contributed by atoms with Gasteiger partial charge in [-0.05, 0) is 76.1 Å². The minimum atomic E-state index is -2.17. The topological polar surface area (TPSA) is 64.6 Å². The lowest BCUT2D eigenvalue weighted by Crippen LogP contribution is -2.43. The molecule has 9 heteroatoms. The molecule has 2 aromatic carbocycles. The largest absolute Gasteiger partial charge is 0.493 e. The molecule has 1 aliphatic rings. The molecular formula is C29H43BrO7Si. The first-order chi connectivity index (χ1) is 17.8. The predicted octanol–water partition coefficient (Wildman–Crippen LogP) is 7.79. The highest BCUT2D eigenvalue weighted by molar-refractivity contribution is 9.10. The maximum Gasteiger partial charge on any atom is 0.231 e. The Labute approximate surface area is 237 Å². The molecule has 0 bridgehead atoms. The van der Waals surface area contributed by atoms with Crippen LogP contribution in [0.5, 0.6) is 34.5 Å². The number of benzene rings is 2. The Morgan fingerprint density at radius 3 is 2.08 bits per heavy atom. The average molecular weight is 612 g/mol. The molecule has 1 heterocycles. The molecule has 1 aliphatic heterocycles. The van der Waals surface area contributed by atoms with Crippen molar-refractivity contribution in [3.63, 3.8) is 0 Å². The molecule has 3 atom stereocenters. The van der Waals surface area contributed by atoms with Gasteiger partial charge in [-0.15, -0.1) is 0 Å². The second kappa shape index (κ2) is 12.0. The number of ether oxygens (including phenoxy) is 6. The van der Waals surface area contributed by atoms with Gasteiger partial charge in [-0.1, -0.05) is 34.6 Å². The van der Waals surface area contributed by atoms with Crippen LogP contribution in [0.4, 0.5) is 0 Å². The summed E-state index contributed by atoms with van der Waals surface area (Å²) in [6, 6.07) is 6.10. The summed E-state index contributed by atoms with van der Waals surface area (Å²) in [5, 5.41) is 0.0337. The molecule has 3 rings (SSSR count). The lowest BCUT2D eigenvalue weighted by atomic mass is 9.83. The molecule has 0 amide bonds. The summed E-state index contributed by atoms with van der Waals surface area (Å²) in [5.41, 5.74) is 2.10. The van der Waals surface area contributed by atoms with Gasteiger partial charge in [-0.3, -0.25) is 0 Å². The second-order valence-corrected chi connectivity index (χ2v) is 17.0. The fourth-order valence-electron chi connectivity index (χ4n) is 4.45. The fourth-order valence-corrected chi connectivity index (χ4v) is 6.47. The molecule has 38 heavy (non-hydrogen) atoms. The molecule has 7 nitrogen and oxygen atoms in total. The van der Waals surface area contributed by atoms with Crippen molar-refractivity contribution in [2.75, 3.05) is 35.2 Å². The zero-order valence-corrected chi connectivity index (χ0v) is 27.2. The van der Waals surface area contributed by atoms with Gasteiger partial charge in [0.1, 0.15) is 0 Å². The molecule has 0 unspecified atom stereocenters. The summed E-state index contributed by atoms with van der Waals surface area (Å²) in [5.74, 6) is 4.21. The average Bonchev–Trinajstić information content (AvgIpc) is 3.34. The molecule has 0 fully saturated rings. The van der Waals surface area contributed by atoms with E-state index in [0.717, 1.165) is 27.8 Å². The molecule has 0 N–H and O–H groups in total. The summed E-state index contributed by atoms with van der Waals surface area (Å²) >= 11 is 3.82. The minimum Gasteiger partial charge on any atom is -0.493 e. The van der Waals surface area contributed by atoms with Gasteiger partial charge in [-0.2, -0.15) is 0 Å².